The first-order valence-corrected chi connectivity index (χ1v) is 8.85. The van der Waals surface area contributed by atoms with Crippen LogP contribution in [0.2, 0.25) is 0 Å². The lowest BCUT2D eigenvalue weighted by Crippen LogP contribution is -2.34. The van der Waals surface area contributed by atoms with E-state index in [1.54, 1.807) is 26.2 Å². The molecule has 0 heterocycles. The summed E-state index contributed by atoms with van der Waals surface area (Å²) < 4.78 is 40.3. The maximum Gasteiger partial charge on any atom is 0.269 e. The van der Waals surface area contributed by atoms with Gasteiger partial charge in [0.05, 0.1) is 9.82 Å². The Bertz CT molecular complexity index is 837. The Morgan fingerprint density at radius 2 is 1.68 bits per heavy atom. The smallest absolute Gasteiger partial charge is 0.269 e. The van der Waals surface area contributed by atoms with Crippen molar-refractivity contribution in [3.63, 3.8) is 0 Å². The van der Waals surface area contributed by atoms with Crippen LogP contribution in [0.4, 0.5) is 10.1 Å². The first-order chi connectivity index (χ1) is 11.7. The summed E-state index contributed by atoms with van der Waals surface area (Å²) in [6.07, 6.45) is 0. The topological polar surface area (TPSA) is 92.6 Å². The van der Waals surface area contributed by atoms with Crippen molar-refractivity contribution in [3.8, 4) is 0 Å². The van der Waals surface area contributed by atoms with E-state index >= 15 is 0 Å². The third-order valence-electron chi connectivity index (χ3n) is 3.70. The third-order valence-corrected chi connectivity index (χ3v) is 5.14. The number of nitro groups is 1. The Morgan fingerprint density at radius 3 is 2.16 bits per heavy atom. The second kappa shape index (κ2) is 7.68. The van der Waals surface area contributed by atoms with Gasteiger partial charge in [0.25, 0.3) is 5.69 Å². The van der Waals surface area contributed by atoms with Gasteiger partial charge in [-0.2, -0.15) is 0 Å². The molecule has 2 rings (SSSR count). The number of nitrogens with zero attached hydrogens (tertiary/aromatic N) is 2. The van der Waals surface area contributed by atoms with Crippen LogP contribution in [0.25, 0.3) is 0 Å². The number of hydrogen-bond acceptors (Lipinski definition) is 5. The van der Waals surface area contributed by atoms with E-state index < -0.39 is 14.9 Å². The molecule has 0 unspecified atom stereocenters. The summed E-state index contributed by atoms with van der Waals surface area (Å²) in [7, 11) is -0.249. The predicted molar refractivity (Wildman–Crippen MR) is 91.1 cm³/mol. The highest BCUT2D eigenvalue weighted by Gasteiger charge is 2.20. The Kier molecular flexibility index (Phi) is 5.83. The maximum absolute atomic E-state index is 13.1. The highest BCUT2D eigenvalue weighted by Crippen LogP contribution is 2.20. The molecule has 0 aromatic heterocycles. The number of benzene rings is 2. The van der Waals surface area contributed by atoms with Crippen LogP contribution in [0, 0.1) is 15.9 Å². The average Bonchev–Trinajstić information content (AvgIpc) is 2.56. The van der Waals surface area contributed by atoms with E-state index in [0.717, 1.165) is 17.7 Å². The molecule has 0 bridgehead atoms. The van der Waals surface area contributed by atoms with Crippen molar-refractivity contribution in [3.05, 3.63) is 70.0 Å². The molecular weight excluding hydrogens is 349 g/mol. The van der Waals surface area contributed by atoms with Crippen molar-refractivity contribution in [2.24, 2.45) is 0 Å². The van der Waals surface area contributed by atoms with Gasteiger partial charge in [-0.1, -0.05) is 12.1 Å². The minimum atomic E-state index is -3.82. The Labute approximate surface area is 145 Å². The van der Waals surface area contributed by atoms with Crippen molar-refractivity contribution in [1.82, 2.24) is 9.62 Å². The lowest BCUT2D eigenvalue weighted by Gasteiger charge is -2.25. The average molecular weight is 367 g/mol. The minimum Gasteiger partial charge on any atom is -0.301 e. The summed E-state index contributed by atoms with van der Waals surface area (Å²) >= 11 is 0. The van der Waals surface area contributed by atoms with Crippen LogP contribution in [0.3, 0.4) is 0 Å². The first kappa shape index (κ1) is 19.0. The number of likely N-dealkylation sites (N-methyl/N-ethyl adjacent to an activating group) is 1. The van der Waals surface area contributed by atoms with Crippen molar-refractivity contribution in [2.45, 2.75) is 10.9 Å². The fourth-order valence-electron chi connectivity index (χ4n) is 2.30. The molecule has 0 spiro atoms. The van der Waals surface area contributed by atoms with E-state index in [1.165, 1.54) is 24.3 Å². The number of halogens is 1. The highest BCUT2D eigenvalue weighted by atomic mass is 32.2. The summed E-state index contributed by atoms with van der Waals surface area (Å²) in [6, 6.07) is 10.2. The van der Waals surface area contributed by atoms with Crippen molar-refractivity contribution < 1.29 is 17.7 Å². The van der Waals surface area contributed by atoms with Crippen LogP contribution >= 0.6 is 0 Å². The Hall–Kier alpha value is -2.36. The van der Waals surface area contributed by atoms with Crippen LogP contribution < -0.4 is 4.72 Å². The van der Waals surface area contributed by atoms with Crippen LogP contribution in [-0.4, -0.2) is 38.9 Å². The van der Waals surface area contributed by atoms with Crippen LogP contribution in [0.15, 0.2) is 53.4 Å². The minimum absolute atomic E-state index is 0.0605. The maximum atomic E-state index is 13.1. The van der Waals surface area contributed by atoms with Gasteiger partial charge in [0, 0.05) is 24.7 Å². The van der Waals surface area contributed by atoms with Gasteiger partial charge in [0.15, 0.2) is 0 Å². The molecule has 2 aromatic rings. The zero-order valence-corrected chi connectivity index (χ0v) is 14.5. The molecule has 2 aromatic carbocycles. The van der Waals surface area contributed by atoms with Crippen LogP contribution in [0.1, 0.15) is 11.6 Å². The molecule has 0 saturated heterocycles. The van der Waals surface area contributed by atoms with Gasteiger partial charge in [-0.3, -0.25) is 10.1 Å². The van der Waals surface area contributed by atoms with E-state index in [2.05, 4.69) is 4.72 Å². The zero-order chi connectivity index (χ0) is 18.6. The molecule has 0 fully saturated rings. The second-order valence-electron chi connectivity index (χ2n) is 5.63. The number of non-ortho nitro benzene ring substituents is 1. The predicted octanol–water partition coefficient (Wildman–Crippen LogP) is 2.32. The highest BCUT2D eigenvalue weighted by molar-refractivity contribution is 7.89. The number of nitrogens with one attached hydrogen (secondary N) is 1. The SMILES string of the molecule is CN(C)[C@H](CNS(=O)(=O)c1ccc([N+](=O)[O-])cc1)c1ccc(F)cc1. The third kappa shape index (κ3) is 4.81. The second-order valence-corrected chi connectivity index (χ2v) is 7.40. The van der Waals surface area contributed by atoms with E-state index in [4.69, 9.17) is 0 Å². The van der Waals surface area contributed by atoms with Crippen LogP contribution in [0.5, 0.6) is 0 Å². The van der Waals surface area contributed by atoms with E-state index in [-0.39, 0.29) is 29.0 Å². The molecule has 1 atom stereocenters. The Balaban J connectivity index is 2.15. The fraction of sp³-hybridized carbons (Fsp3) is 0.250. The summed E-state index contributed by atoms with van der Waals surface area (Å²) in [5.41, 5.74) is 0.578. The number of rotatable bonds is 7. The van der Waals surface area contributed by atoms with Gasteiger partial charge in [-0.15, -0.1) is 0 Å². The molecule has 134 valence electrons. The molecule has 1 N–H and O–H groups in total. The van der Waals surface area contributed by atoms with E-state index in [1.807, 2.05) is 4.90 Å². The van der Waals surface area contributed by atoms with Crippen molar-refractivity contribution in [2.75, 3.05) is 20.6 Å². The molecule has 25 heavy (non-hydrogen) atoms. The van der Waals surface area contributed by atoms with Gasteiger partial charge >= 0.3 is 0 Å². The zero-order valence-electron chi connectivity index (χ0n) is 13.7. The number of hydrogen-bond donors (Lipinski definition) is 1. The summed E-state index contributed by atoms with van der Waals surface area (Å²) in [5, 5.41) is 10.6. The molecule has 7 nitrogen and oxygen atoms in total. The standard InChI is InChI=1S/C16H18FN3O4S/c1-19(2)16(12-3-5-13(17)6-4-12)11-18-25(23,24)15-9-7-14(8-10-15)20(21)22/h3-10,16,18H,11H2,1-2H3/t16-/m1/s1. The van der Waals surface area contributed by atoms with E-state index in [0.29, 0.717) is 0 Å². The molecule has 9 heteroatoms. The molecule has 0 radical (unpaired) electrons. The largest absolute Gasteiger partial charge is 0.301 e. The van der Waals surface area contributed by atoms with Crippen molar-refractivity contribution >= 4 is 15.7 Å². The molecule has 0 amide bonds. The fourth-order valence-corrected chi connectivity index (χ4v) is 3.34. The monoisotopic (exact) mass is 367 g/mol. The molecule has 0 aliphatic heterocycles. The lowest BCUT2D eigenvalue weighted by molar-refractivity contribution is -0.384. The van der Waals surface area contributed by atoms with E-state index in [9.17, 15) is 22.9 Å². The van der Waals surface area contributed by atoms with Crippen LogP contribution in [-0.2, 0) is 10.0 Å². The summed E-state index contributed by atoms with van der Waals surface area (Å²) in [6.45, 7) is 0.0674. The van der Waals surface area contributed by atoms with Gasteiger partial charge < -0.3 is 4.90 Å². The lowest BCUT2D eigenvalue weighted by atomic mass is 10.1. The number of sulfonamides is 1. The normalized spacial score (nSPS) is 13.0. The van der Waals surface area contributed by atoms with Gasteiger partial charge in [0.2, 0.25) is 10.0 Å². The van der Waals surface area contributed by atoms with Crippen molar-refractivity contribution in [1.29, 1.82) is 0 Å². The number of nitro benzene ring substituents is 1. The molecule has 0 aliphatic carbocycles. The summed E-state index contributed by atoms with van der Waals surface area (Å²) in [5.74, 6) is -0.368. The van der Waals surface area contributed by atoms with Gasteiger partial charge in [0.1, 0.15) is 5.82 Å². The van der Waals surface area contributed by atoms with Gasteiger partial charge in [-0.25, -0.2) is 17.5 Å². The molecule has 0 aliphatic rings. The first-order valence-electron chi connectivity index (χ1n) is 7.37. The quantitative estimate of drug-likeness (QED) is 0.599. The Morgan fingerprint density at radius 1 is 1.12 bits per heavy atom. The molecular formula is C16H18FN3O4S. The van der Waals surface area contributed by atoms with Gasteiger partial charge in [-0.05, 0) is 43.9 Å². The summed E-state index contributed by atoms with van der Waals surface area (Å²) in [4.78, 5) is 11.8. The molecule has 0 saturated carbocycles.